The minimum absolute atomic E-state index is 0.0936. The van der Waals surface area contributed by atoms with Crippen molar-refractivity contribution >= 4 is 27.7 Å². The summed E-state index contributed by atoms with van der Waals surface area (Å²) in [5.41, 5.74) is 1.54. The minimum atomic E-state index is -0.417. The molecule has 0 aromatic heterocycles. The maximum atomic E-state index is 12.3. The standard InChI is InChI=1S/C15H11BrO3/c1-19-15(18)11-8-6-10(7-9-11)14(17)12-4-2-3-5-13(12)16/h2-9H,1H3. The summed E-state index contributed by atoms with van der Waals surface area (Å²) >= 11 is 3.35. The minimum Gasteiger partial charge on any atom is -0.465 e. The topological polar surface area (TPSA) is 43.4 Å². The van der Waals surface area contributed by atoms with Crippen LogP contribution in [0.1, 0.15) is 26.3 Å². The van der Waals surface area contributed by atoms with Gasteiger partial charge < -0.3 is 4.74 Å². The molecular formula is C15H11BrO3. The fourth-order valence-corrected chi connectivity index (χ4v) is 2.14. The summed E-state index contributed by atoms with van der Waals surface area (Å²) in [4.78, 5) is 23.6. The highest BCUT2D eigenvalue weighted by molar-refractivity contribution is 9.10. The number of carbonyl (C=O) groups excluding carboxylic acids is 2. The first-order chi connectivity index (χ1) is 9.13. The van der Waals surface area contributed by atoms with Crippen molar-refractivity contribution in [3.8, 4) is 0 Å². The third-order valence-corrected chi connectivity index (χ3v) is 3.38. The second kappa shape index (κ2) is 5.80. The number of ether oxygens (including phenoxy) is 1. The molecule has 0 unspecified atom stereocenters. The summed E-state index contributed by atoms with van der Waals surface area (Å²) < 4.78 is 5.36. The number of hydrogen-bond donors (Lipinski definition) is 0. The zero-order chi connectivity index (χ0) is 13.8. The number of carbonyl (C=O) groups is 2. The van der Waals surface area contributed by atoms with Crippen LogP contribution in [-0.4, -0.2) is 18.9 Å². The number of benzene rings is 2. The van der Waals surface area contributed by atoms with Gasteiger partial charge in [-0.05, 0) is 24.3 Å². The Morgan fingerprint density at radius 1 is 0.947 bits per heavy atom. The molecule has 0 spiro atoms. The van der Waals surface area contributed by atoms with Crippen molar-refractivity contribution in [2.24, 2.45) is 0 Å². The summed E-state index contributed by atoms with van der Waals surface area (Å²) in [7, 11) is 1.32. The fraction of sp³-hybridized carbons (Fsp3) is 0.0667. The Hall–Kier alpha value is -1.94. The molecule has 0 saturated carbocycles. The molecule has 0 bridgehead atoms. The number of methoxy groups -OCH3 is 1. The first-order valence-corrected chi connectivity index (χ1v) is 6.40. The highest BCUT2D eigenvalue weighted by atomic mass is 79.9. The Balaban J connectivity index is 2.31. The Bertz CT molecular complexity index is 618. The van der Waals surface area contributed by atoms with E-state index >= 15 is 0 Å². The van der Waals surface area contributed by atoms with E-state index in [9.17, 15) is 9.59 Å². The first kappa shape index (κ1) is 13.5. The molecule has 0 radical (unpaired) electrons. The van der Waals surface area contributed by atoms with Crippen LogP contribution in [0.25, 0.3) is 0 Å². The number of hydrogen-bond acceptors (Lipinski definition) is 3. The van der Waals surface area contributed by atoms with Crippen LogP contribution in [0.5, 0.6) is 0 Å². The zero-order valence-electron chi connectivity index (χ0n) is 10.2. The zero-order valence-corrected chi connectivity index (χ0v) is 11.8. The second-order valence-corrected chi connectivity index (χ2v) is 4.73. The average Bonchev–Trinajstić information content (AvgIpc) is 2.46. The van der Waals surface area contributed by atoms with Gasteiger partial charge in [-0.25, -0.2) is 4.79 Å². The van der Waals surface area contributed by atoms with Crippen LogP contribution in [-0.2, 0) is 4.74 Å². The van der Waals surface area contributed by atoms with Gasteiger partial charge in [-0.15, -0.1) is 0 Å². The summed E-state index contributed by atoms with van der Waals surface area (Å²) in [6.45, 7) is 0. The lowest BCUT2D eigenvalue weighted by Gasteiger charge is -2.04. The largest absolute Gasteiger partial charge is 0.465 e. The quantitative estimate of drug-likeness (QED) is 0.643. The first-order valence-electron chi connectivity index (χ1n) is 5.61. The SMILES string of the molecule is COC(=O)c1ccc(C(=O)c2ccccc2Br)cc1. The van der Waals surface area contributed by atoms with E-state index in [1.807, 2.05) is 12.1 Å². The summed E-state index contributed by atoms with van der Waals surface area (Å²) in [6, 6.07) is 13.6. The van der Waals surface area contributed by atoms with Crippen LogP contribution in [0, 0.1) is 0 Å². The van der Waals surface area contributed by atoms with E-state index in [-0.39, 0.29) is 5.78 Å². The van der Waals surface area contributed by atoms with E-state index < -0.39 is 5.97 Å². The predicted molar refractivity (Wildman–Crippen MR) is 75.4 cm³/mol. The van der Waals surface area contributed by atoms with Gasteiger partial charge in [-0.3, -0.25) is 4.79 Å². The monoisotopic (exact) mass is 318 g/mol. The van der Waals surface area contributed by atoms with Gasteiger partial charge in [0.15, 0.2) is 5.78 Å². The second-order valence-electron chi connectivity index (χ2n) is 3.88. The summed E-state index contributed by atoms with van der Waals surface area (Å²) in [6.07, 6.45) is 0. The molecule has 0 aliphatic heterocycles. The predicted octanol–water partition coefficient (Wildman–Crippen LogP) is 3.47. The number of rotatable bonds is 3. The number of esters is 1. The molecule has 0 aliphatic carbocycles. The van der Waals surface area contributed by atoms with Crippen molar-refractivity contribution in [2.75, 3.05) is 7.11 Å². The molecule has 4 heteroatoms. The molecule has 2 rings (SSSR count). The Morgan fingerprint density at radius 2 is 1.53 bits per heavy atom. The maximum Gasteiger partial charge on any atom is 0.337 e. The lowest BCUT2D eigenvalue weighted by molar-refractivity contribution is 0.0600. The van der Waals surface area contributed by atoms with E-state index in [0.29, 0.717) is 16.7 Å². The highest BCUT2D eigenvalue weighted by Gasteiger charge is 2.13. The van der Waals surface area contributed by atoms with Gasteiger partial charge in [0.05, 0.1) is 12.7 Å². The fourth-order valence-electron chi connectivity index (χ4n) is 1.68. The summed E-state index contributed by atoms with van der Waals surface area (Å²) in [5.74, 6) is -0.510. The van der Waals surface area contributed by atoms with Crippen LogP contribution in [0.4, 0.5) is 0 Å². The van der Waals surface area contributed by atoms with Crippen LogP contribution in [0.15, 0.2) is 53.0 Å². The molecule has 3 nitrogen and oxygen atoms in total. The molecule has 96 valence electrons. The third kappa shape index (κ3) is 2.90. The van der Waals surface area contributed by atoms with E-state index in [1.165, 1.54) is 7.11 Å². The van der Waals surface area contributed by atoms with Crippen molar-refractivity contribution in [3.05, 3.63) is 69.7 Å². The van der Waals surface area contributed by atoms with Gasteiger partial charge in [0.1, 0.15) is 0 Å². The van der Waals surface area contributed by atoms with Crippen LogP contribution in [0.3, 0.4) is 0 Å². The normalized spacial score (nSPS) is 10.0. The van der Waals surface area contributed by atoms with Gasteiger partial charge >= 0.3 is 5.97 Å². The molecule has 0 atom stereocenters. The summed E-state index contributed by atoms with van der Waals surface area (Å²) in [5, 5.41) is 0. The third-order valence-electron chi connectivity index (χ3n) is 2.69. The smallest absolute Gasteiger partial charge is 0.337 e. The lowest BCUT2D eigenvalue weighted by Crippen LogP contribution is -2.04. The highest BCUT2D eigenvalue weighted by Crippen LogP contribution is 2.20. The van der Waals surface area contributed by atoms with Crippen molar-refractivity contribution < 1.29 is 14.3 Å². The van der Waals surface area contributed by atoms with Crippen molar-refractivity contribution in [2.45, 2.75) is 0 Å². The van der Waals surface area contributed by atoms with Gasteiger partial charge in [0.25, 0.3) is 0 Å². The van der Waals surface area contributed by atoms with E-state index in [2.05, 4.69) is 20.7 Å². The van der Waals surface area contributed by atoms with E-state index in [4.69, 9.17) is 0 Å². The van der Waals surface area contributed by atoms with E-state index in [1.54, 1.807) is 36.4 Å². The number of halogens is 1. The van der Waals surface area contributed by atoms with Gasteiger partial charge in [-0.2, -0.15) is 0 Å². The molecule has 0 heterocycles. The molecule has 0 saturated heterocycles. The van der Waals surface area contributed by atoms with Crippen molar-refractivity contribution in [1.82, 2.24) is 0 Å². The Morgan fingerprint density at radius 3 is 2.11 bits per heavy atom. The molecular weight excluding hydrogens is 308 g/mol. The van der Waals surface area contributed by atoms with Crippen LogP contribution >= 0.6 is 15.9 Å². The van der Waals surface area contributed by atoms with Crippen molar-refractivity contribution in [3.63, 3.8) is 0 Å². The molecule has 0 aliphatic rings. The van der Waals surface area contributed by atoms with Gasteiger partial charge in [-0.1, -0.05) is 40.2 Å². The van der Waals surface area contributed by atoms with Crippen molar-refractivity contribution in [1.29, 1.82) is 0 Å². The molecule has 2 aromatic carbocycles. The number of ketones is 1. The van der Waals surface area contributed by atoms with Crippen LogP contribution < -0.4 is 0 Å². The van der Waals surface area contributed by atoms with Gasteiger partial charge in [0, 0.05) is 15.6 Å². The molecule has 0 fully saturated rings. The van der Waals surface area contributed by atoms with E-state index in [0.717, 1.165) is 4.47 Å². The van der Waals surface area contributed by atoms with Crippen LogP contribution in [0.2, 0.25) is 0 Å². The maximum absolute atomic E-state index is 12.3. The average molecular weight is 319 g/mol. The Kier molecular flexibility index (Phi) is 4.12. The molecule has 0 amide bonds. The molecule has 2 aromatic rings. The van der Waals surface area contributed by atoms with Gasteiger partial charge in [0.2, 0.25) is 0 Å². The Labute approximate surface area is 119 Å². The molecule has 19 heavy (non-hydrogen) atoms. The lowest BCUT2D eigenvalue weighted by atomic mass is 10.0. The molecule has 0 N–H and O–H groups in total.